The molecule has 30 heavy (non-hydrogen) atoms. The van der Waals surface area contributed by atoms with Crippen LogP contribution in [0.15, 0.2) is 34.7 Å². The number of carbonyl (C=O) groups is 2. The van der Waals surface area contributed by atoms with Gasteiger partial charge in [0.05, 0.1) is 16.4 Å². The van der Waals surface area contributed by atoms with E-state index in [1.54, 1.807) is 34.1 Å². The van der Waals surface area contributed by atoms with Crippen molar-refractivity contribution in [2.45, 2.75) is 13.5 Å². The van der Waals surface area contributed by atoms with Crippen molar-refractivity contribution in [3.63, 3.8) is 0 Å². The molecule has 0 fully saturated rings. The largest absolute Gasteiger partial charge is 0.484 e. The molecular formula is C20H20ClFN4O4. The van der Waals surface area contributed by atoms with Crippen molar-refractivity contribution >= 4 is 29.1 Å². The molecule has 0 aliphatic heterocycles. The van der Waals surface area contributed by atoms with E-state index in [0.29, 0.717) is 22.9 Å². The predicted molar refractivity (Wildman–Crippen MR) is 108 cm³/mol. The zero-order valence-corrected chi connectivity index (χ0v) is 17.6. The zero-order valence-electron chi connectivity index (χ0n) is 16.8. The average molecular weight is 435 g/mol. The van der Waals surface area contributed by atoms with Gasteiger partial charge in [0.25, 0.3) is 11.8 Å². The van der Waals surface area contributed by atoms with Crippen LogP contribution in [-0.2, 0) is 13.7 Å². The van der Waals surface area contributed by atoms with Crippen LogP contribution >= 0.6 is 11.6 Å². The Labute approximate surface area is 177 Å². The van der Waals surface area contributed by atoms with E-state index in [1.807, 2.05) is 0 Å². The van der Waals surface area contributed by atoms with Crippen molar-refractivity contribution in [2.75, 3.05) is 19.4 Å². The number of rotatable bonds is 6. The summed E-state index contributed by atoms with van der Waals surface area (Å²) in [6.07, 6.45) is 0. The Balaban J connectivity index is 1.72. The highest BCUT2D eigenvalue weighted by Gasteiger charge is 2.24. The minimum absolute atomic E-state index is 0.00504. The number of hydrogen-bond acceptors (Lipinski definition) is 5. The lowest BCUT2D eigenvalue weighted by Gasteiger charge is -2.10. The van der Waals surface area contributed by atoms with E-state index < -0.39 is 11.7 Å². The molecule has 3 aromatic rings. The van der Waals surface area contributed by atoms with Crippen LogP contribution in [0.5, 0.6) is 5.75 Å². The smallest absolute Gasteiger partial charge is 0.291 e. The fraction of sp³-hybridized carbons (Fsp3) is 0.250. The van der Waals surface area contributed by atoms with Crippen LogP contribution in [0.4, 0.5) is 10.1 Å². The zero-order chi connectivity index (χ0) is 22.0. The van der Waals surface area contributed by atoms with Gasteiger partial charge in [0.2, 0.25) is 0 Å². The highest BCUT2D eigenvalue weighted by atomic mass is 35.5. The molecule has 0 saturated carbocycles. The summed E-state index contributed by atoms with van der Waals surface area (Å²) in [5.74, 6) is -0.651. The predicted octanol–water partition coefficient (Wildman–Crippen LogP) is 3.65. The van der Waals surface area contributed by atoms with Crippen LogP contribution < -0.4 is 10.1 Å². The van der Waals surface area contributed by atoms with Crippen molar-refractivity contribution in [1.82, 2.24) is 14.7 Å². The SMILES string of the molecule is Cc1c(NC(=O)c2ccc(COc3ccc(F)cc3Cl)o2)c(C(=O)N(C)C)nn1C. The van der Waals surface area contributed by atoms with E-state index in [4.69, 9.17) is 20.8 Å². The third-order valence-electron chi connectivity index (χ3n) is 4.33. The monoisotopic (exact) mass is 434 g/mol. The molecule has 2 heterocycles. The number of aryl methyl sites for hydroxylation is 1. The fourth-order valence-electron chi connectivity index (χ4n) is 2.61. The van der Waals surface area contributed by atoms with Crippen LogP contribution in [0.2, 0.25) is 5.02 Å². The quantitative estimate of drug-likeness (QED) is 0.639. The van der Waals surface area contributed by atoms with E-state index in [-0.39, 0.29) is 29.0 Å². The number of anilines is 1. The minimum Gasteiger partial charge on any atom is -0.484 e. The molecule has 10 heteroatoms. The van der Waals surface area contributed by atoms with Gasteiger partial charge in [-0.05, 0) is 37.3 Å². The molecule has 2 amide bonds. The first kappa shape index (κ1) is 21.4. The van der Waals surface area contributed by atoms with Crippen molar-refractivity contribution in [1.29, 1.82) is 0 Å². The summed E-state index contributed by atoms with van der Waals surface area (Å²) in [5.41, 5.74) is 1.07. The number of nitrogens with zero attached hydrogens (tertiary/aromatic N) is 3. The first-order valence-corrected chi connectivity index (χ1v) is 9.28. The second-order valence-electron chi connectivity index (χ2n) is 6.72. The van der Waals surface area contributed by atoms with Gasteiger partial charge in [0.1, 0.15) is 23.9 Å². The van der Waals surface area contributed by atoms with Crippen LogP contribution in [0, 0.1) is 12.7 Å². The summed E-state index contributed by atoms with van der Waals surface area (Å²) in [7, 11) is 4.88. The average Bonchev–Trinajstić information content (AvgIpc) is 3.27. The van der Waals surface area contributed by atoms with Gasteiger partial charge in [-0.25, -0.2) is 4.39 Å². The Morgan fingerprint density at radius 2 is 2.03 bits per heavy atom. The molecule has 3 rings (SSSR count). The first-order valence-electron chi connectivity index (χ1n) is 8.90. The molecule has 0 bridgehead atoms. The maximum atomic E-state index is 13.1. The molecule has 0 atom stereocenters. The maximum Gasteiger partial charge on any atom is 0.291 e. The van der Waals surface area contributed by atoms with Gasteiger partial charge in [-0.2, -0.15) is 5.10 Å². The Kier molecular flexibility index (Phi) is 6.12. The lowest BCUT2D eigenvalue weighted by Crippen LogP contribution is -2.24. The summed E-state index contributed by atoms with van der Waals surface area (Å²) in [6, 6.07) is 6.84. The number of hydrogen-bond donors (Lipinski definition) is 1. The highest BCUT2D eigenvalue weighted by molar-refractivity contribution is 6.32. The number of furan rings is 1. The molecule has 1 aromatic carbocycles. The minimum atomic E-state index is -0.537. The van der Waals surface area contributed by atoms with Gasteiger partial charge in [-0.1, -0.05) is 11.6 Å². The number of carbonyl (C=O) groups excluding carboxylic acids is 2. The fourth-order valence-corrected chi connectivity index (χ4v) is 2.83. The van der Waals surface area contributed by atoms with E-state index in [2.05, 4.69) is 10.4 Å². The molecule has 158 valence electrons. The molecule has 8 nitrogen and oxygen atoms in total. The molecule has 1 N–H and O–H groups in total. The first-order chi connectivity index (χ1) is 14.2. The van der Waals surface area contributed by atoms with Gasteiger partial charge < -0.3 is 19.4 Å². The van der Waals surface area contributed by atoms with E-state index in [0.717, 1.165) is 6.07 Å². The van der Waals surface area contributed by atoms with Gasteiger partial charge in [0.15, 0.2) is 11.5 Å². The lowest BCUT2D eigenvalue weighted by atomic mass is 10.2. The molecule has 0 aliphatic rings. The maximum absolute atomic E-state index is 13.1. The summed E-state index contributed by atoms with van der Waals surface area (Å²) in [5, 5.41) is 7.00. The van der Waals surface area contributed by atoms with E-state index in [1.165, 1.54) is 27.8 Å². The van der Waals surface area contributed by atoms with Gasteiger partial charge in [-0.3, -0.25) is 14.3 Å². The topological polar surface area (TPSA) is 89.6 Å². The lowest BCUT2D eigenvalue weighted by molar-refractivity contribution is 0.0822. The molecule has 0 aliphatic carbocycles. The highest BCUT2D eigenvalue weighted by Crippen LogP contribution is 2.26. The van der Waals surface area contributed by atoms with E-state index >= 15 is 0 Å². The van der Waals surface area contributed by atoms with Crippen molar-refractivity contribution in [2.24, 2.45) is 7.05 Å². The van der Waals surface area contributed by atoms with Crippen LogP contribution in [0.1, 0.15) is 32.5 Å². The molecular weight excluding hydrogens is 415 g/mol. The van der Waals surface area contributed by atoms with Crippen molar-refractivity contribution < 1.29 is 23.1 Å². The Morgan fingerprint density at radius 1 is 1.30 bits per heavy atom. The number of aromatic nitrogens is 2. The normalized spacial score (nSPS) is 10.7. The van der Waals surface area contributed by atoms with Crippen LogP contribution in [0.3, 0.4) is 0 Å². The summed E-state index contributed by atoms with van der Waals surface area (Å²) in [6.45, 7) is 1.73. The summed E-state index contributed by atoms with van der Waals surface area (Å²) >= 11 is 5.92. The molecule has 0 radical (unpaired) electrons. The Bertz CT molecular complexity index is 1110. The number of ether oxygens (including phenoxy) is 1. The van der Waals surface area contributed by atoms with Crippen LogP contribution in [0.25, 0.3) is 0 Å². The van der Waals surface area contributed by atoms with Crippen LogP contribution in [-0.4, -0.2) is 40.6 Å². The van der Waals surface area contributed by atoms with Gasteiger partial charge in [0, 0.05) is 21.1 Å². The van der Waals surface area contributed by atoms with Gasteiger partial charge in [-0.15, -0.1) is 0 Å². The second-order valence-corrected chi connectivity index (χ2v) is 7.12. The molecule has 2 aromatic heterocycles. The number of nitrogens with one attached hydrogen (secondary N) is 1. The number of halogens is 2. The van der Waals surface area contributed by atoms with Crippen molar-refractivity contribution in [3.05, 3.63) is 64.1 Å². The third-order valence-corrected chi connectivity index (χ3v) is 4.63. The molecule has 0 spiro atoms. The van der Waals surface area contributed by atoms with Gasteiger partial charge >= 0.3 is 0 Å². The molecule has 0 saturated heterocycles. The number of benzene rings is 1. The van der Waals surface area contributed by atoms with Crippen molar-refractivity contribution in [3.8, 4) is 5.75 Å². The third kappa shape index (κ3) is 4.46. The standard InChI is InChI=1S/C20H20ClFN4O4/c1-11-17(18(24-26(11)4)20(28)25(2)3)23-19(27)16-8-6-13(30-16)10-29-15-7-5-12(22)9-14(15)21/h5-9H,10H2,1-4H3,(H,23,27). The Morgan fingerprint density at radius 3 is 2.70 bits per heavy atom. The summed E-state index contributed by atoms with van der Waals surface area (Å²) in [4.78, 5) is 26.4. The van der Waals surface area contributed by atoms with E-state index in [9.17, 15) is 14.0 Å². The number of amides is 2. The summed E-state index contributed by atoms with van der Waals surface area (Å²) < 4.78 is 25.6. The second kappa shape index (κ2) is 8.58. The Hall–Kier alpha value is -3.33. The molecule has 0 unspecified atom stereocenters.